The van der Waals surface area contributed by atoms with E-state index in [-0.39, 0.29) is 43.9 Å². The molecule has 0 saturated carbocycles. The number of sulfonamides is 2. The number of nitrogens with two attached hydrogens (primary N) is 2. The number of carboxylic acids is 2. The number of anilines is 3. The van der Waals surface area contributed by atoms with Crippen molar-refractivity contribution in [2.24, 2.45) is 11.5 Å². The lowest BCUT2D eigenvalue weighted by Gasteiger charge is -2.28. The predicted molar refractivity (Wildman–Crippen MR) is 200 cm³/mol. The highest BCUT2D eigenvalue weighted by atomic mass is 32.2. The zero-order valence-corrected chi connectivity index (χ0v) is 30.6. The number of benzene rings is 4. The number of amides is 3. The molecule has 1 aliphatic heterocycles. The van der Waals surface area contributed by atoms with Crippen LogP contribution in [-0.2, 0) is 44.0 Å². The topological polar surface area (TPSA) is 286 Å². The molecular weight excluding hydrogens is 761 g/mol. The van der Waals surface area contributed by atoms with Crippen LogP contribution in [0.2, 0.25) is 0 Å². The van der Waals surface area contributed by atoms with Gasteiger partial charge in [0.2, 0.25) is 17.7 Å². The molecule has 0 aromatic heterocycles. The van der Waals surface area contributed by atoms with E-state index in [4.69, 9.17) is 26.4 Å². The van der Waals surface area contributed by atoms with E-state index < -0.39 is 56.9 Å². The quantitative estimate of drug-likeness (QED) is 0.0925. The molecule has 1 aliphatic rings. The van der Waals surface area contributed by atoms with Gasteiger partial charge >= 0.3 is 11.9 Å². The molecule has 20 heteroatoms. The van der Waals surface area contributed by atoms with Crippen molar-refractivity contribution in [3.05, 3.63) is 97.1 Å². The Labute approximate surface area is 315 Å². The number of nitrogens with one attached hydrogen (secondary N) is 2. The lowest BCUT2D eigenvalue weighted by atomic mass is 10.1. The fraction of sp³-hybridized carbons (Fsp3) is 0.171. The van der Waals surface area contributed by atoms with Crippen LogP contribution in [0.1, 0.15) is 6.42 Å². The molecule has 5 rings (SSSR count). The summed E-state index contributed by atoms with van der Waals surface area (Å²) in [5.74, 6) is -4.22. The molecule has 8 N–H and O–H groups in total. The van der Waals surface area contributed by atoms with Gasteiger partial charge in [0.15, 0.2) is 0 Å². The van der Waals surface area contributed by atoms with Crippen LogP contribution < -0.4 is 35.4 Å². The standard InChI is InChI=1S/C31H32N6O8S2.C4H4O4/c1-45-21-8-12-23(13-9-21)47(43,44)37(19-30(33)39)28-15-14-27(24-4-2-3-5-25(24)28)36(18-29(32)38)46(41,42)22-10-6-20(7-11-22)35-31(40)26-16-17-34-26;5-3(6)1-2-4(7)8/h2-15,26,34H,16-19H2,1H3,(H2,32,38)(H2,33,39)(H,35,40);1-2H,(H,5,6)(H,7,8)/b;2-1-/t26-;/m1./s1. The Bertz CT molecular complexity index is 2330. The van der Waals surface area contributed by atoms with Gasteiger partial charge in [-0.25, -0.2) is 26.4 Å². The maximum Gasteiger partial charge on any atom is 0.328 e. The zero-order chi connectivity index (χ0) is 40.5. The average Bonchev–Trinajstić information content (AvgIpc) is 3.11. The van der Waals surface area contributed by atoms with Crippen LogP contribution in [-0.4, -0.2) is 89.5 Å². The second kappa shape index (κ2) is 17.5. The van der Waals surface area contributed by atoms with Gasteiger partial charge in [-0.15, -0.1) is 0 Å². The van der Waals surface area contributed by atoms with Crippen molar-refractivity contribution in [1.29, 1.82) is 0 Å². The zero-order valence-electron chi connectivity index (χ0n) is 29.0. The van der Waals surface area contributed by atoms with E-state index in [0.29, 0.717) is 30.0 Å². The number of carboxylic acid groups (broad SMARTS) is 2. The first-order valence-corrected chi connectivity index (χ1v) is 18.9. The minimum atomic E-state index is -4.44. The largest absolute Gasteiger partial charge is 0.497 e. The van der Waals surface area contributed by atoms with Crippen molar-refractivity contribution in [3.8, 4) is 5.75 Å². The van der Waals surface area contributed by atoms with Crippen molar-refractivity contribution in [1.82, 2.24) is 5.32 Å². The molecular formula is C35H36N6O12S2. The van der Waals surface area contributed by atoms with Crippen molar-refractivity contribution in [3.63, 3.8) is 0 Å². The van der Waals surface area contributed by atoms with Gasteiger partial charge in [-0.2, -0.15) is 0 Å². The summed E-state index contributed by atoms with van der Waals surface area (Å²) in [6.45, 7) is -0.727. The number of hydrogen-bond acceptors (Lipinski definition) is 11. The number of ether oxygens (including phenoxy) is 1. The maximum atomic E-state index is 14.0. The highest BCUT2D eigenvalue weighted by molar-refractivity contribution is 7.93. The second-order valence-corrected chi connectivity index (χ2v) is 15.3. The van der Waals surface area contributed by atoms with Gasteiger partial charge in [0.25, 0.3) is 20.0 Å². The molecule has 0 spiro atoms. The highest BCUT2D eigenvalue weighted by Gasteiger charge is 2.32. The van der Waals surface area contributed by atoms with E-state index in [1.807, 2.05) is 0 Å². The maximum absolute atomic E-state index is 14.0. The summed E-state index contributed by atoms with van der Waals surface area (Å²) in [7, 11) is -7.37. The Balaban J connectivity index is 0.000000757. The normalized spacial score (nSPS) is 13.8. The van der Waals surface area contributed by atoms with E-state index in [9.17, 15) is 40.8 Å². The molecule has 4 aromatic rings. The highest BCUT2D eigenvalue weighted by Crippen LogP contribution is 2.38. The Morgan fingerprint density at radius 1 is 0.745 bits per heavy atom. The van der Waals surface area contributed by atoms with Crippen molar-refractivity contribution in [2.75, 3.05) is 40.7 Å². The first kappa shape index (κ1) is 41.2. The molecule has 3 amide bonds. The first-order valence-electron chi connectivity index (χ1n) is 16.0. The van der Waals surface area contributed by atoms with Crippen molar-refractivity contribution >= 4 is 77.5 Å². The Morgan fingerprint density at radius 3 is 1.51 bits per heavy atom. The fourth-order valence-corrected chi connectivity index (χ4v) is 8.08. The predicted octanol–water partition coefficient (Wildman–Crippen LogP) is 1.22. The number of aliphatic carboxylic acids is 2. The molecule has 1 fully saturated rings. The minimum Gasteiger partial charge on any atom is -0.497 e. The summed E-state index contributed by atoms with van der Waals surface area (Å²) in [6, 6.07) is 19.7. The Hall–Kier alpha value is -6.51. The van der Waals surface area contributed by atoms with Gasteiger partial charge in [0.05, 0.1) is 34.3 Å². The lowest BCUT2D eigenvalue weighted by molar-refractivity contribution is -0.134. The third kappa shape index (κ3) is 10.1. The van der Waals surface area contributed by atoms with Gasteiger partial charge in [-0.3, -0.25) is 23.0 Å². The van der Waals surface area contributed by atoms with Crippen LogP contribution in [0.5, 0.6) is 5.75 Å². The van der Waals surface area contributed by atoms with E-state index >= 15 is 0 Å². The summed E-state index contributed by atoms with van der Waals surface area (Å²) in [4.78, 5) is 55.4. The van der Waals surface area contributed by atoms with Gasteiger partial charge in [0.1, 0.15) is 18.8 Å². The monoisotopic (exact) mass is 796 g/mol. The SMILES string of the molecule is COc1ccc(S(=O)(=O)N(CC(N)=O)c2ccc(N(CC(N)=O)S(=O)(=O)c3ccc(NC(=O)[C@H]4CCN4)cc3)c3ccccc23)cc1.O=C(O)/C=C\C(=O)O. The molecule has 0 aliphatic carbocycles. The number of fused-ring (bicyclic) bond motifs is 1. The number of primary amides is 2. The number of nitrogens with zero attached hydrogens (tertiary/aromatic N) is 2. The molecule has 0 bridgehead atoms. The Morgan fingerprint density at radius 2 is 1.16 bits per heavy atom. The summed E-state index contributed by atoms with van der Waals surface area (Å²) in [5, 5.41) is 21.8. The average molecular weight is 797 g/mol. The van der Waals surface area contributed by atoms with Crippen molar-refractivity contribution in [2.45, 2.75) is 22.3 Å². The molecule has 290 valence electrons. The van der Waals surface area contributed by atoms with Crippen LogP contribution >= 0.6 is 0 Å². The third-order valence-corrected chi connectivity index (χ3v) is 11.4. The van der Waals surface area contributed by atoms with Crippen molar-refractivity contribution < 1.29 is 55.8 Å². The molecule has 55 heavy (non-hydrogen) atoms. The van der Waals surface area contributed by atoms with Gasteiger partial charge < -0.3 is 37.1 Å². The second-order valence-electron chi connectivity index (χ2n) is 11.6. The molecule has 4 aromatic carbocycles. The van der Waals surface area contributed by atoms with E-state index in [2.05, 4.69) is 10.6 Å². The number of hydrogen-bond donors (Lipinski definition) is 6. The van der Waals surface area contributed by atoms with Gasteiger partial charge in [-0.05, 0) is 73.6 Å². The summed E-state index contributed by atoms with van der Waals surface area (Å²) < 4.78 is 62.5. The molecule has 1 heterocycles. The van der Waals surface area contributed by atoms with E-state index in [1.165, 1.54) is 67.8 Å². The summed E-state index contributed by atoms with van der Waals surface area (Å²) in [6.07, 6.45) is 1.81. The molecule has 0 unspecified atom stereocenters. The molecule has 1 atom stereocenters. The van der Waals surface area contributed by atoms with Crippen LogP contribution in [0.4, 0.5) is 17.1 Å². The number of rotatable bonds is 15. The van der Waals surface area contributed by atoms with E-state index in [1.54, 1.807) is 24.3 Å². The molecule has 18 nitrogen and oxygen atoms in total. The fourth-order valence-electron chi connectivity index (χ4n) is 5.18. The number of methoxy groups -OCH3 is 1. The first-order chi connectivity index (χ1) is 25.9. The molecule has 1 saturated heterocycles. The van der Waals surface area contributed by atoms with Gasteiger partial charge in [0, 0.05) is 28.6 Å². The number of carbonyl (C=O) groups is 5. The lowest BCUT2D eigenvalue weighted by Crippen LogP contribution is -2.50. The minimum absolute atomic E-state index is 0.0254. The Kier molecular flexibility index (Phi) is 13.2. The third-order valence-electron chi connectivity index (χ3n) is 7.88. The van der Waals surface area contributed by atoms with Crippen LogP contribution in [0.25, 0.3) is 10.8 Å². The summed E-state index contributed by atoms with van der Waals surface area (Å²) in [5.41, 5.74) is 11.4. The molecule has 0 radical (unpaired) electrons. The smallest absolute Gasteiger partial charge is 0.328 e. The van der Waals surface area contributed by atoms with Crippen LogP contribution in [0, 0.1) is 0 Å². The number of carbonyl (C=O) groups excluding carboxylic acids is 3. The summed E-state index contributed by atoms with van der Waals surface area (Å²) >= 11 is 0. The van der Waals surface area contributed by atoms with Crippen LogP contribution in [0.3, 0.4) is 0 Å². The van der Waals surface area contributed by atoms with E-state index in [0.717, 1.165) is 15.2 Å². The van der Waals surface area contributed by atoms with Crippen LogP contribution in [0.15, 0.2) is 107 Å². The van der Waals surface area contributed by atoms with Gasteiger partial charge in [-0.1, -0.05) is 24.3 Å².